The smallest absolute Gasteiger partial charge is 0.262 e. The molecule has 8 nitrogen and oxygen atoms in total. The molecule has 2 N–H and O–H groups in total. The summed E-state index contributed by atoms with van der Waals surface area (Å²) in [6, 6.07) is 9.53. The van der Waals surface area contributed by atoms with Crippen molar-refractivity contribution in [2.75, 3.05) is 0 Å². The highest BCUT2D eigenvalue weighted by Gasteiger charge is 2.18. The number of thiophene rings is 1. The number of rotatable bonds is 4. The number of nitrogens with zero attached hydrogens (tertiary/aromatic N) is 4. The van der Waals surface area contributed by atoms with Crippen LogP contribution < -0.4 is 11.1 Å². The molecular weight excluding hydrogens is 432 g/mol. The predicted octanol–water partition coefficient (Wildman–Crippen LogP) is 3.88. The van der Waals surface area contributed by atoms with E-state index in [-0.39, 0.29) is 16.4 Å². The number of fused-ring (bicyclic) bond motifs is 2. The number of aryl methyl sites for hydroxylation is 2. The maximum Gasteiger partial charge on any atom is 0.262 e. The Morgan fingerprint density at radius 2 is 1.84 bits per heavy atom. The van der Waals surface area contributed by atoms with Gasteiger partial charge in [-0.2, -0.15) is 5.10 Å². The zero-order valence-electron chi connectivity index (χ0n) is 17.0. The first kappa shape index (κ1) is 19.7. The van der Waals surface area contributed by atoms with Crippen LogP contribution in [0.25, 0.3) is 26.9 Å². The number of thioether (sulfide) groups is 1. The first-order valence-corrected chi connectivity index (χ1v) is 11.3. The fourth-order valence-electron chi connectivity index (χ4n) is 3.40. The van der Waals surface area contributed by atoms with Gasteiger partial charge in [0, 0.05) is 4.88 Å². The van der Waals surface area contributed by atoms with Gasteiger partial charge in [0.05, 0.1) is 22.5 Å². The van der Waals surface area contributed by atoms with Crippen LogP contribution >= 0.6 is 23.1 Å². The third-order valence-corrected chi connectivity index (χ3v) is 7.24. The van der Waals surface area contributed by atoms with Crippen molar-refractivity contribution in [3.63, 3.8) is 0 Å². The molecule has 31 heavy (non-hydrogen) atoms. The molecule has 4 heterocycles. The molecule has 5 aromatic rings. The van der Waals surface area contributed by atoms with Crippen molar-refractivity contribution in [1.82, 2.24) is 29.7 Å². The Balaban J connectivity index is 1.54. The van der Waals surface area contributed by atoms with E-state index in [1.54, 1.807) is 4.68 Å². The standard InChI is InChI=1S/C21H18N6O2S2/c1-10-11(2)30-20-15(10)19(29)23-16(24-20)12(3)31-21-25-17-14(18(28)26-21)9-22-27(17)13-7-5-4-6-8-13/h4-9,12H,1-3H3,(H,23,24,29)(H,25,26,28). The molecule has 10 heteroatoms. The van der Waals surface area contributed by atoms with Gasteiger partial charge in [0.15, 0.2) is 10.8 Å². The molecule has 0 saturated heterocycles. The largest absolute Gasteiger partial charge is 0.309 e. The van der Waals surface area contributed by atoms with Crippen LogP contribution in [0.2, 0.25) is 0 Å². The Bertz CT molecular complexity index is 1550. The summed E-state index contributed by atoms with van der Waals surface area (Å²) in [5.74, 6) is 0.545. The Kier molecular flexibility index (Phi) is 4.75. The van der Waals surface area contributed by atoms with E-state index in [9.17, 15) is 9.59 Å². The summed E-state index contributed by atoms with van der Waals surface area (Å²) in [4.78, 5) is 42.0. The number of para-hydroxylation sites is 1. The molecule has 0 aliphatic heterocycles. The van der Waals surface area contributed by atoms with Crippen molar-refractivity contribution in [3.8, 4) is 5.69 Å². The van der Waals surface area contributed by atoms with Crippen molar-refractivity contribution < 1.29 is 0 Å². The van der Waals surface area contributed by atoms with E-state index in [4.69, 9.17) is 0 Å². The molecule has 5 rings (SSSR count). The second-order valence-electron chi connectivity index (χ2n) is 7.17. The van der Waals surface area contributed by atoms with E-state index in [0.29, 0.717) is 27.4 Å². The van der Waals surface area contributed by atoms with Gasteiger partial charge in [-0.05, 0) is 38.5 Å². The number of aromatic nitrogens is 6. The lowest BCUT2D eigenvalue weighted by Crippen LogP contribution is -2.13. The van der Waals surface area contributed by atoms with Gasteiger partial charge in [-0.15, -0.1) is 11.3 Å². The highest BCUT2D eigenvalue weighted by Crippen LogP contribution is 2.33. The topological polar surface area (TPSA) is 109 Å². The van der Waals surface area contributed by atoms with Crippen LogP contribution in [-0.2, 0) is 0 Å². The number of aromatic amines is 2. The number of benzene rings is 1. The SMILES string of the molecule is Cc1sc2nc(C(C)Sc3nc4c(cnn4-c4ccccc4)c(=O)[nH]3)[nH]c(=O)c2c1C. The molecule has 1 atom stereocenters. The first-order chi connectivity index (χ1) is 14.9. The van der Waals surface area contributed by atoms with Crippen LogP contribution in [0, 0.1) is 13.8 Å². The second-order valence-corrected chi connectivity index (χ2v) is 9.71. The van der Waals surface area contributed by atoms with Gasteiger partial charge < -0.3 is 9.97 Å². The summed E-state index contributed by atoms with van der Waals surface area (Å²) >= 11 is 2.84. The summed E-state index contributed by atoms with van der Waals surface area (Å²) in [5.41, 5.74) is 1.86. The fraction of sp³-hybridized carbons (Fsp3) is 0.190. The third kappa shape index (κ3) is 3.37. The van der Waals surface area contributed by atoms with Gasteiger partial charge in [-0.25, -0.2) is 14.6 Å². The molecule has 0 aliphatic rings. The highest BCUT2D eigenvalue weighted by atomic mass is 32.2. The zero-order chi connectivity index (χ0) is 21.7. The number of hydrogen-bond donors (Lipinski definition) is 2. The molecule has 156 valence electrons. The Labute approximate surface area is 184 Å². The van der Waals surface area contributed by atoms with Crippen LogP contribution in [-0.4, -0.2) is 29.7 Å². The van der Waals surface area contributed by atoms with Gasteiger partial charge in [0.2, 0.25) is 0 Å². The van der Waals surface area contributed by atoms with E-state index >= 15 is 0 Å². The summed E-state index contributed by atoms with van der Waals surface area (Å²) in [5, 5.41) is 5.59. The van der Waals surface area contributed by atoms with E-state index in [1.165, 1.54) is 29.3 Å². The van der Waals surface area contributed by atoms with Crippen molar-refractivity contribution in [1.29, 1.82) is 0 Å². The monoisotopic (exact) mass is 450 g/mol. The van der Waals surface area contributed by atoms with Crippen molar-refractivity contribution >= 4 is 44.3 Å². The molecule has 0 amide bonds. The maximum atomic E-state index is 12.6. The maximum absolute atomic E-state index is 12.6. The minimum atomic E-state index is -0.261. The van der Waals surface area contributed by atoms with E-state index in [1.807, 2.05) is 51.1 Å². The van der Waals surface area contributed by atoms with Gasteiger partial charge >= 0.3 is 0 Å². The van der Waals surface area contributed by atoms with Crippen LogP contribution in [0.3, 0.4) is 0 Å². The summed E-state index contributed by atoms with van der Waals surface area (Å²) < 4.78 is 1.64. The molecule has 4 aromatic heterocycles. The molecule has 0 fully saturated rings. The first-order valence-electron chi connectivity index (χ1n) is 9.62. The van der Waals surface area contributed by atoms with E-state index < -0.39 is 0 Å². The van der Waals surface area contributed by atoms with Crippen LogP contribution in [0.1, 0.15) is 28.4 Å². The van der Waals surface area contributed by atoms with Gasteiger partial charge in [-0.3, -0.25) is 9.59 Å². The normalized spacial score (nSPS) is 12.6. The van der Waals surface area contributed by atoms with Gasteiger partial charge in [-0.1, -0.05) is 30.0 Å². The summed E-state index contributed by atoms with van der Waals surface area (Å²) in [6.07, 6.45) is 1.51. The predicted molar refractivity (Wildman–Crippen MR) is 123 cm³/mol. The fourth-order valence-corrected chi connectivity index (χ4v) is 5.29. The molecule has 0 saturated carbocycles. The van der Waals surface area contributed by atoms with Crippen LogP contribution in [0.4, 0.5) is 0 Å². The Hall–Kier alpha value is -3.24. The third-order valence-electron chi connectivity index (χ3n) is 5.15. The van der Waals surface area contributed by atoms with Crippen molar-refractivity contribution in [2.45, 2.75) is 31.2 Å². The minimum absolute atomic E-state index is 0.145. The number of H-pyrrole nitrogens is 2. The molecule has 1 unspecified atom stereocenters. The molecular formula is C21H18N6O2S2. The molecule has 0 aliphatic carbocycles. The second kappa shape index (κ2) is 7.47. The molecule has 0 bridgehead atoms. The Morgan fingerprint density at radius 1 is 1.06 bits per heavy atom. The lowest BCUT2D eigenvalue weighted by atomic mass is 10.2. The Morgan fingerprint density at radius 3 is 2.61 bits per heavy atom. The highest BCUT2D eigenvalue weighted by molar-refractivity contribution is 7.99. The average molecular weight is 451 g/mol. The van der Waals surface area contributed by atoms with Crippen molar-refractivity contribution in [3.05, 3.63) is 73.5 Å². The summed E-state index contributed by atoms with van der Waals surface area (Å²) in [6.45, 7) is 5.84. The van der Waals surface area contributed by atoms with E-state index in [2.05, 4.69) is 25.0 Å². The van der Waals surface area contributed by atoms with Crippen LogP contribution in [0.15, 0.2) is 51.3 Å². The lowest BCUT2D eigenvalue weighted by molar-refractivity contribution is 0.865. The minimum Gasteiger partial charge on any atom is -0.309 e. The van der Waals surface area contributed by atoms with Gasteiger partial charge in [0.25, 0.3) is 11.1 Å². The number of nitrogens with one attached hydrogen (secondary N) is 2. The molecule has 1 aromatic carbocycles. The van der Waals surface area contributed by atoms with Crippen LogP contribution in [0.5, 0.6) is 0 Å². The zero-order valence-corrected chi connectivity index (χ0v) is 18.6. The molecule has 0 spiro atoms. The number of hydrogen-bond acceptors (Lipinski definition) is 7. The average Bonchev–Trinajstić information content (AvgIpc) is 3.30. The summed E-state index contributed by atoms with van der Waals surface area (Å²) in [7, 11) is 0. The quantitative estimate of drug-likeness (QED) is 0.318. The lowest BCUT2D eigenvalue weighted by Gasteiger charge is -2.10. The van der Waals surface area contributed by atoms with Crippen molar-refractivity contribution in [2.24, 2.45) is 0 Å². The van der Waals surface area contributed by atoms with Gasteiger partial charge in [0.1, 0.15) is 16.0 Å². The molecule has 0 radical (unpaired) electrons. The van der Waals surface area contributed by atoms with E-state index in [0.717, 1.165) is 21.0 Å².